The van der Waals surface area contributed by atoms with Crippen LogP contribution in [0.2, 0.25) is 0 Å². The lowest BCUT2D eigenvalue weighted by molar-refractivity contribution is -0.302. The molecule has 65 heavy (non-hydrogen) atoms. The molecule has 3 heterocycles. The standard InChI is InChI=1S/C51H77NO13/c1-10-38-23-31(2)22-32(3)24-44(60-8)47-45(61-9)26-34(5)51(58,65-47)48(55)49(56)52-21-15-14-18-39(52)50(57)64-46(35(6)40(53)28-41(38)54)33(4)25-37-19-20-42(43(27-37)59-7)63-30-62-29-36-16-12-11-13-17-36/h11-13,16-17,23,25,32,34-35,37-40,42-47,53,58H,10,14-15,18-22,24,26-30H2,1-9H3/b31-23+,33-25?. The number of benzene rings is 1. The zero-order valence-electron chi connectivity index (χ0n) is 40.3. The van der Waals surface area contributed by atoms with Gasteiger partial charge in [0.25, 0.3) is 11.7 Å². The lowest BCUT2D eigenvalue weighted by atomic mass is 9.81. The van der Waals surface area contributed by atoms with Crippen LogP contribution in [0.4, 0.5) is 0 Å². The van der Waals surface area contributed by atoms with Crippen LogP contribution < -0.4 is 0 Å². The predicted octanol–water partition coefficient (Wildman–Crippen LogP) is 6.67. The van der Waals surface area contributed by atoms with Gasteiger partial charge in [-0.2, -0.15) is 0 Å². The van der Waals surface area contributed by atoms with E-state index in [9.17, 15) is 29.4 Å². The minimum absolute atomic E-state index is 0.0164. The summed E-state index contributed by atoms with van der Waals surface area (Å²) in [5, 5.41) is 23.9. The molecule has 1 aliphatic carbocycles. The van der Waals surface area contributed by atoms with Gasteiger partial charge in [-0.25, -0.2) is 4.79 Å². The number of fused-ring (bicyclic) bond motifs is 3. The van der Waals surface area contributed by atoms with Crippen molar-refractivity contribution >= 4 is 23.4 Å². The largest absolute Gasteiger partial charge is 0.456 e. The molecule has 1 saturated carbocycles. The van der Waals surface area contributed by atoms with Crippen molar-refractivity contribution in [2.75, 3.05) is 34.7 Å². The van der Waals surface area contributed by atoms with Crippen LogP contribution in [0.3, 0.4) is 0 Å². The third-order valence-corrected chi connectivity index (χ3v) is 14.3. The van der Waals surface area contributed by atoms with E-state index in [0.717, 1.165) is 17.6 Å². The first kappa shape index (κ1) is 52.6. The highest BCUT2D eigenvalue weighted by Crippen LogP contribution is 2.39. The number of allylic oxidation sites excluding steroid dienone is 3. The van der Waals surface area contributed by atoms with Crippen LogP contribution in [0, 0.1) is 29.6 Å². The summed E-state index contributed by atoms with van der Waals surface area (Å²) >= 11 is 0. The number of carbonyl (C=O) groups excluding carboxylic acids is 4. The third-order valence-electron chi connectivity index (χ3n) is 14.3. The molecule has 14 unspecified atom stereocenters. The van der Waals surface area contributed by atoms with Gasteiger partial charge in [0.05, 0.1) is 37.1 Å². The van der Waals surface area contributed by atoms with E-state index in [4.69, 9.17) is 33.2 Å². The van der Waals surface area contributed by atoms with Crippen molar-refractivity contribution in [2.24, 2.45) is 29.6 Å². The Balaban J connectivity index is 1.43. The Bertz CT molecular complexity index is 1790. The van der Waals surface area contributed by atoms with Crippen molar-refractivity contribution in [1.29, 1.82) is 0 Å². The van der Waals surface area contributed by atoms with Crippen LogP contribution in [0.25, 0.3) is 0 Å². The number of amides is 1. The average molecular weight is 912 g/mol. The predicted molar refractivity (Wildman–Crippen MR) is 243 cm³/mol. The molecular weight excluding hydrogens is 835 g/mol. The second kappa shape index (κ2) is 24.6. The number of Topliss-reactive ketones (excluding diaryl/α,β-unsaturated/α-hetero) is 2. The molecule has 0 radical (unpaired) electrons. The second-order valence-electron chi connectivity index (χ2n) is 19.2. The maximum absolute atomic E-state index is 14.5. The molecule has 3 aliphatic heterocycles. The molecule has 14 heteroatoms. The number of aliphatic hydroxyl groups is 2. The number of ketones is 2. The first-order valence-electron chi connectivity index (χ1n) is 23.9. The summed E-state index contributed by atoms with van der Waals surface area (Å²) in [4.78, 5) is 58.3. The molecule has 364 valence electrons. The lowest BCUT2D eigenvalue weighted by Crippen LogP contribution is -2.64. The molecule has 1 amide bonds. The number of esters is 1. The Morgan fingerprint density at radius 2 is 1.58 bits per heavy atom. The number of methoxy groups -OCH3 is 3. The first-order valence-corrected chi connectivity index (χ1v) is 23.9. The zero-order chi connectivity index (χ0) is 47.4. The molecular formula is C51H77NO13. The van der Waals surface area contributed by atoms with Crippen molar-refractivity contribution in [3.8, 4) is 0 Å². The van der Waals surface area contributed by atoms with Gasteiger partial charge in [-0.15, -0.1) is 0 Å². The summed E-state index contributed by atoms with van der Waals surface area (Å²) in [5.41, 5.74) is 2.74. The highest BCUT2D eigenvalue weighted by Gasteiger charge is 2.56. The van der Waals surface area contributed by atoms with Crippen LogP contribution in [0.5, 0.6) is 0 Å². The molecule has 2 N–H and O–H groups in total. The van der Waals surface area contributed by atoms with Crippen LogP contribution >= 0.6 is 0 Å². The summed E-state index contributed by atoms with van der Waals surface area (Å²) in [6, 6.07) is 8.74. The van der Waals surface area contributed by atoms with Gasteiger partial charge < -0.3 is 48.3 Å². The number of hydrogen-bond donors (Lipinski definition) is 2. The van der Waals surface area contributed by atoms with Crippen molar-refractivity contribution in [2.45, 2.75) is 173 Å². The molecule has 2 saturated heterocycles. The number of cyclic esters (lactones) is 1. The van der Waals surface area contributed by atoms with Gasteiger partial charge >= 0.3 is 5.97 Å². The van der Waals surface area contributed by atoms with Gasteiger partial charge in [0, 0.05) is 52.0 Å². The second-order valence-corrected chi connectivity index (χ2v) is 19.2. The molecule has 0 aromatic heterocycles. The molecule has 2 bridgehead atoms. The summed E-state index contributed by atoms with van der Waals surface area (Å²) < 4.78 is 42.3. The van der Waals surface area contributed by atoms with Crippen LogP contribution in [-0.4, -0.2) is 128 Å². The van der Waals surface area contributed by atoms with E-state index >= 15 is 0 Å². The van der Waals surface area contributed by atoms with E-state index < -0.39 is 77.8 Å². The van der Waals surface area contributed by atoms with Gasteiger partial charge in [0.1, 0.15) is 30.8 Å². The number of hydrogen-bond acceptors (Lipinski definition) is 13. The Hall–Kier alpha value is -3.34. The van der Waals surface area contributed by atoms with Gasteiger partial charge in [0.2, 0.25) is 5.79 Å². The zero-order valence-corrected chi connectivity index (χ0v) is 40.3. The van der Waals surface area contributed by atoms with Gasteiger partial charge in [0.15, 0.2) is 0 Å². The maximum atomic E-state index is 14.5. The highest BCUT2D eigenvalue weighted by molar-refractivity contribution is 6.39. The fourth-order valence-electron chi connectivity index (χ4n) is 10.4. The third kappa shape index (κ3) is 13.4. The fourth-order valence-corrected chi connectivity index (χ4v) is 10.4. The number of carbonyl (C=O) groups is 4. The number of ether oxygens (including phenoxy) is 7. The van der Waals surface area contributed by atoms with E-state index in [1.165, 1.54) is 19.1 Å². The maximum Gasteiger partial charge on any atom is 0.329 e. The molecule has 3 fully saturated rings. The first-order chi connectivity index (χ1) is 31.0. The van der Waals surface area contributed by atoms with Crippen LogP contribution in [0.15, 0.2) is 53.6 Å². The topological polar surface area (TPSA) is 177 Å². The SMILES string of the molecule is CCC1/C=C(\C)CC(C)CC(OC)C2OC(O)(C(=O)C(=O)N3CCCCC3C(=O)OC(C(C)=CC3CCC(OCOCc4ccccc4)C(OC)C3)C(C)C(O)CC1=O)C(C)CC2OC. The van der Waals surface area contributed by atoms with E-state index in [0.29, 0.717) is 57.1 Å². The fraction of sp³-hybridized carbons (Fsp3) is 0.725. The molecule has 1 aromatic carbocycles. The van der Waals surface area contributed by atoms with Gasteiger partial charge in [-0.1, -0.05) is 75.8 Å². The van der Waals surface area contributed by atoms with Gasteiger partial charge in [-0.3, -0.25) is 14.4 Å². The van der Waals surface area contributed by atoms with Crippen molar-refractivity contribution in [1.82, 2.24) is 4.90 Å². The summed E-state index contributed by atoms with van der Waals surface area (Å²) in [6.07, 6.45) is 4.58. The molecule has 14 atom stereocenters. The Morgan fingerprint density at radius 3 is 2.26 bits per heavy atom. The van der Waals surface area contributed by atoms with Crippen LogP contribution in [-0.2, 0) is 58.9 Å². The van der Waals surface area contributed by atoms with E-state index in [1.54, 1.807) is 21.0 Å². The Labute approximate surface area is 386 Å². The summed E-state index contributed by atoms with van der Waals surface area (Å²) in [7, 11) is 4.73. The minimum Gasteiger partial charge on any atom is -0.456 e. The van der Waals surface area contributed by atoms with Crippen molar-refractivity contribution in [3.05, 3.63) is 59.2 Å². The quantitative estimate of drug-likeness (QED) is 0.0792. The van der Waals surface area contributed by atoms with Crippen LogP contribution in [0.1, 0.15) is 118 Å². The van der Waals surface area contributed by atoms with Gasteiger partial charge in [-0.05, 0) is 101 Å². The van der Waals surface area contributed by atoms with E-state index in [2.05, 4.69) is 13.0 Å². The molecule has 4 aliphatic rings. The summed E-state index contributed by atoms with van der Waals surface area (Å²) in [6.45, 7) is 11.9. The highest BCUT2D eigenvalue weighted by atomic mass is 16.7. The Kier molecular flexibility index (Phi) is 19.9. The Morgan fingerprint density at radius 1 is 0.892 bits per heavy atom. The van der Waals surface area contributed by atoms with E-state index in [1.807, 2.05) is 57.2 Å². The molecule has 14 nitrogen and oxygen atoms in total. The average Bonchev–Trinajstić information content (AvgIpc) is 3.30. The monoisotopic (exact) mass is 912 g/mol. The van der Waals surface area contributed by atoms with Crippen molar-refractivity contribution in [3.63, 3.8) is 0 Å². The van der Waals surface area contributed by atoms with E-state index in [-0.39, 0.29) is 62.4 Å². The number of nitrogens with zero attached hydrogens (tertiary/aromatic N) is 1. The minimum atomic E-state index is -2.51. The molecule has 5 rings (SSSR count). The lowest BCUT2D eigenvalue weighted by Gasteiger charge is -2.47. The normalized spacial score (nSPS) is 37.4. The molecule has 1 aromatic rings. The smallest absolute Gasteiger partial charge is 0.329 e. The molecule has 0 spiro atoms. The van der Waals surface area contributed by atoms with Crippen molar-refractivity contribution < 1.29 is 62.5 Å². The number of rotatable bonds is 11. The summed E-state index contributed by atoms with van der Waals surface area (Å²) in [5.74, 6) is -7.50. The number of piperidine rings is 1. The number of aliphatic hydroxyl groups excluding tert-OH is 1.